The first-order valence-corrected chi connectivity index (χ1v) is 5.59. The first-order chi connectivity index (χ1) is 7.72. The van der Waals surface area contributed by atoms with Crippen LogP contribution in [0, 0.1) is 0 Å². The Morgan fingerprint density at radius 1 is 1.73 bits per heavy atom. The van der Waals surface area contributed by atoms with Crippen LogP contribution in [0.2, 0.25) is 0 Å². The van der Waals surface area contributed by atoms with Crippen LogP contribution >= 0.6 is 11.8 Å². The van der Waals surface area contributed by atoms with Crippen molar-refractivity contribution < 1.29 is 15.7 Å². The van der Waals surface area contributed by atoms with Gasteiger partial charge in [-0.3, -0.25) is 14.9 Å². The van der Waals surface area contributed by atoms with Crippen molar-refractivity contribution in [3.63, 3.8) is 0 Å². The van der Waals surface area contributed by atoms with Crippen LogP contribution in [0.5, 0.6) is 0 Å². The van der Waals surface area contributed by atoms with Crippen LogP contribution in [0.1, 0.15) is 1.37 Å². The van der Waals surface area contributed by atoms with Gasteiger partial charge < -0.3 is 9.64 Å². The van der Waals surface area contributed by atoms with E-state index in [0.717, 1.165) is 0 Å². The van der Waals surface area contributed by atoms with E-state index in [2.05, 4.69) is 5.32 Å². The lowest BCUT2D eigenvalue weighted by molar-refractivity contribution is -0.124. The summed E-state index contributed by atoms with van der Waals surface area (Å²) in [5.74, 6) is -0.733. The van der Waals surface area contributed by atoms with Crippen molar-refractivity contribution in [1.82, 2.24) is 10.2 Å². The molecule has 15 heavy (non-hydrogen) atoms. The van der Waals surface area contributed by atoms with Gasteiger partial charge in [-0.25, -0.2) is 0 Å². The second kappa shape index (κ2) is 4.24. The summed E-state index contributed by atoms with van der Waals surface area (Å²) >= 11 is 1.39. The van der Waals surface area contributed by atoms with E-state index in [1.807, 2.05) is 4.90 Å². The number of ether oxygens (including phenoxy) is 1. The molecule has 0 radical (unpaired) electrons. The van der Waals surface area contributed by atoms with Crippen molar-refractivity contribution in [2.24, 2.45) is 0 Å². The monoisotopic (exact) mass is 229 g/mol. The van der Waals surface area contributed by atoms with Gasteiger partial charge in [0.25, 0.3) is 11.8 Å². The zero-order valence-corrected chi connectivity index (χ0v) is 8.88. The highest BCUT2D eigenvalue weighted by Gasteiger charge is 2.31. The minimum Gasteiger partial charge on any atom is -0.377 e. The molecule has 0 aromatic rings. The Morgan fingerprint density at radius 2 is 2.60 bits per heavy atom. The predicted octanol–water partition coefficient (Wildman–Crippen LogP) is -0.452. The van der Waals surface area contributed by atoms with Crippen LogP contribution < -0.4 is 5.32 Å². The number of nitrogens with zero attached hydrogens (tertiary/aromatic N) is 1. The van der Waals surface area contributed by atoms with E-state index in [0.29, 0.717) is 25.5 Å². The number of carbonyl (C=O) groups is 2. The van der Waals surface area contributed by atoms with Gasteiger partial charge >= 0.3 is 0 Å². The highest BCUT2D eigenvalue weighted by molar-refractivity contribution is 7.99. The molecule has 2 heterocycles. The van der Waals surface area contributed by atoms with Gasteiger partial charge in [-0.1, -0.05) is 0 Å². The van der Waals surface area contributed by atoms with E-state index in [4.69, 9.17) is 6.11 Å². The summed E-state index contributed by atoms with van der Waals surface area (Å²) in [5.41, 5.74) is 0.388. The van der Waals surface area contributed by atoms with Gasteiger partial charge in [0.15, 0.2) is 0 Å². The average Bonchev–Trinajstić information content (AvgIpc) is 2.59. The molecular weight excluding hydrogens is 216 g/mol. The topological polar surface area (TPSA) is 58.6 Å². The van der Waals surface area contributed by atoms with Crippen molar-refractivity contribution in [2.45, 2.75) is 5.37 Å². The quantitative estimate of drug-likeness (QED) is 0.650. The number of morpholine rings is 1. The molecule has 2 rings (SSSR count). The summed E-state index contributed by atoms with van der Waals surface area (Å²) in [6.07, 6.45) is 1.51. The molecule has 1 fully saturated rings. The van der Waals surface area contributed by atoms with Crippen LogP contribution in [0.3, 0.4) is 0 Å². The number of rotatable bonds is 2. The SMILES string of the molecule is [2H]CSC1COCCN1C1=CC(=O)NC1=O. The average molecular weight is 229 g/mol. The molecule has 1 N–H and O–H groups in total. The lowest BCUT2D eigenvalue weighted by atomic mass is 10.3. The number of amides is 2. The molecule has 82 valence electrons. The molecule has 0 bridgehead atoms. The van der Waals surface area contributed by atoms with Gasteiger partial charge in [0.05, 0.1) is 18.6 Å². The third-order valence-electron chi connectivity index (χ3n) is 2.32. The van der Waals surface area contributed by atoms with Gasteiger partial charge in [-0.2, -0.15) is 0 Å². The van der Waals surface area contributed by atoms with E-state index in [1.165, 1.54) is 17.8 Å². The number of nitrogens with one attached hydrogen (secondary N) is 1. The van der Waals surface area contributed by atoms with Crippen LogP contribution in [-0.4, -0.2) is 48.1 Å². The van der Waals surface area contributed by atoms with Gasteiger partial charge in [-0.05, 0) is 6.23 Å². The highest BCUT2D eigenvalue weighted by atomic mass is 32.2. The van der Waals surface area contributed by atoms with Gasteiger partial charge in [0.1, 0.15) is 5.70 Å². The molecule has 0 aromatic heterocycles. The second-order valence-corrected chi connectivity index (χ2v) is 4.12. The molecule has 1 saturated heterocycles. The number of carbonyl (C=O) groups excluding carboxylic acids is 2. The number of hydrogen-bond donors (Lipinski definition) is 1. The maximum atomic E-state index is 11.5. The zero-order valence-electron chi connectivity index (χ0n) is 9.06. The Morgan fingerprint density at radius 3 is 3.27 bits per heavy atom. The molecule has 0 aliphatic carbocycles. The third-order valence-corrected chi connectivity index (χ3v) is 3.10. The molecule has 2 aliphatic heterocycles. The van der Waals surface area contributed by atoms with Crippen molar-refractivity contribution in [3.05, 3.63) is 11.8 Å². The minimum absolute atomic E-state index is 0.0610. The molecule has 2 aliphatic rings. The van der Waals surface area contributed by atoms with E-state index >= 15 is 0 Å². The lowest BCUT2D eigenvalue weighted by Gasteiger charge is -2.35. The minimum atomic E-state index is -0.374. The summed E-state index contributed by atoms with van der Waals surface area (Å²) < 4.78 is 12.5. The Hall–Kier alpha value is -1.01. The lowest BCUT2D eigenvalue weighted by Crippen LogP contribution is -2.44. The first-order valence-electron chi connectivity index (χ1n) is 5.25. The van der Waals surface area contributed by atoms with Crippen LogP contribution in [-0.2, 0) is 14.3 Å². The van der Waals surface area contributed by atoms with Crippen LogP contribution in [0.25, 0.3) is 0 Å². The number of imide groups is 1. The Kier molecular flexibility index (Phi) is 2.61. The fraction of sp³-hybridized carbons (Fsp3) is 0.556. The van der Waals surface area contributed by atoms with Crippen molar-refractivity contribution in [3.8, 4) is 0 Å². The molecule has 0 aromatic carbocycles. The zero-order chi connectivity index (χ0) is 11.5. The summed E-state index contributed by atoms with van der Waals surface area (Å²) in [6, 6.07) is 0. The van der Waals surface area contributed by atoms with Crippen LogP contribution in [0.4, 0.5) is 0 Å². The highest BCUT2D eigenvalue weighted by Crippen LogP contribution is 2.23. The second-order valence-electron chi connectivity index (χ2n) is 3.24. The smallest absolute Gasteiger partial charge is 0.274 e. The Bertz CT molecular complexity index is 346. The first kappa shape index (κ1) is 9.23. The molecule has 0 spiro atoms. The molecule has 0 saturated carbocycles. The van der Waals surface area contributed by atoms with E-state index in [-0.39, 0.29) is 23.4 Å². The van der Waals surface area contributed by atoms with Crippen molar-refractivity contribution >= 4 is 23.6 Å². The fourth-order valence-electron chi connectivity index (χ4n) is 1.61. The molecule has 1 unspecified atom stereocenters. The standard InChI is InChI=1S/C9H12N2O3S/c1-15-8-5-14-3-2-11(8)6-4-7(12)10-9(6)13/h4,8H,2-3,5H2,1H3,(H,10,12,13)/i1D. The van der Waals surface area contributed by atoms with Crippen molar-refractivity contribution in [2.75, 3.05) is 26.0 Å². The maximum absolute atomic E-state index is 11.5. The van der Waals surface area contributed by atoms with Crippen molar-refractivity contribution in [1.29, 1.82) is 0 Å². The number of thioether (sulfide) groups is 1. The Balaban J connectivity index is 2.13. The summed E-state index contributed by atoms with van der Waals surface area (Å²) in [4.78, 5) is 24.4. The number of hydrogen-bond acceptors (Lipinski definition) is 5. The summed E-state index contributed by atoms with van der Waals surface area (Å²) in [5, 5.41) is 2.16. The summed E-state index contributed by atoms with van der Waals surface area (Å²) in [7, 11) is 0. The molecular formula is C9H12N2O3S. The van der Waals surface area contributed by atoms with E-state index < -0.39 is 0 Å². The van der Waals surface area contributed by atoms with Gasteiger partial charge in [-0.15, -0.1) is 11.8 Å². The van der Waals surface area contributed by atoms with Gasteiger partial charge in [0.2, 0.25) is 0 Å². The maximum Gasteiger partial charge on any atom is 0.274 e. The van der Waals surface area contributed by atoms with E-state index in [9.17, 15) is 9.59 Å². The van der Waals surface area contributed by atoms with Gasteiger partial charge in [0, 0.05) is 14.0 Å². The summed E-state index contributed by atoms with van der Waals surface area (Å²) in [6.45, 7) is 1.58. The molecule has 6 heteroatoms. The predicted molar refractivity (Wildman–Crippen MR) is 56.1 cm³/mol. The molecule has 5 nitrogen and oxygen atoms in total. The van der Waals surface area contributed by atoms with Crippen LogP contribution in [0.15, 0.2) is 11.8 Å². The Labute approximate surface area is 93.2 Å². The van der Waals surface area contributed by atoms with E-state index in [1.54, 1.807) is 0 Å². The molecule has 2 amide bonds. The third kappa shape index (κ3) is 2.00. The normalized spacial score (nSPS) is 27.5. The largest absolute Gasteiger partial charge is 0.377 e. The molecule has 1 atom stereocenters. The fourth-order valence-corrected chi connectivity index (χ4v) is 2.20.